The summed E-state index contributed by atoms with van der Waals surface area (Å²) in [6, 6.07) is 13.1. The lowest BCUT2D eigenvalue weighted by atomic mass is 10.2. The summed E-state index contributed by atoms with van der Waals surface area (Å²) in [5, 5.41) is 9.81. The fourth-order valence-electron chi connectivity index (χ4n) is 1.24. The smallest absolute Gasteiger partial charge is 0.339 e. The Morgan fingerprint density at radius 2 is 1.50 bits per heavy atom. The molecule has 0 aliphatic carbocycles. The van der Waals surface area contributed by atoms with Crippen molar-refractivity contribution in [3.05, 3.63) is 64.1 Å². The number of hydrogen-bond donors (Lipinski definition) is 1. The quantitative estimate of drug-likeness (QED) is 0.873. The molecular weight excluding hydrogens is 303 g/mol. The standard InChI is InChI=1S/C8H6O4.C6H4Cl2/c9-5-12-7-4-2-1-3-6(7)8(10)11;7-5-3-1-2-4-6(5)8/h1-5H,(H,10,11);1-4H. The van der Waals surface area contributed by atoms with Crippen LogP contribution in [0.15, 0.2) is 48.5 Å². The van der Waals surface area contributed by atoms with Gasteiger partial charge in [-0.25, -0.2) is 4.79 Å². The molecule has 6 heteroatoms. The summed E-state index contributed by atoms with van der Waals surface area (Å²) in [6.45, 7) is 0.196. The van der Waals surface area contributed by atoms with E-state index in [1.165, 1.54) is 12.1 Å². The second kappa shape index (κ2) is 8.19. The van der Waals surface area contributed by atoms with Gasteiger partial charge in [-0.2, -0.15) is 0 Å². The molecule has 0 saturated heterocycles. The fraction of sp³-hybridized carbons (Fsp3) is 0. The summed E-state index contributed by atoms with van der Waals surface area (Å²) in [7, 11) is 0. The Labute approximate surface area is 125 Å². The van der Waals surface area contributed by atoms with Crippen molar-refractivity contribution in [2.45, 2.75) is 0 Å². The van der Waals surface area contributed by atoms with Gasteiger partial charge in [0.05, 0.1) is 10.0 Å². The number of aromatic carboxylic acids is 1. The third-order valence-corrected chi connectivity index (χ3v) is 2.87. The van der Waals surface area contributed by atoms with Crippen LogP contribution in [-0.2, 0) is 4.79 Å². The molecule has 0 amide bonds. The van der Waals surface area contributed by atoms with E-state index in [0.717, 1.165) is 0 Å². The Bertz CT molecular complexity index is 578. The number of carboxylic acids is 1. The molecule has 0 radical (unpaired) electrons. The monoisotopic (exact) mass is 312 g/mol. The molecule has 0 aliphatic heterocycles. The van der Waals surface area contributed by atoms with Gasteiger partial charge in [0, 0.05) is 0 Å². The Kier molecular flexibility index (Phi) is 6.56. The summed E-state index contributed by atoms with van der Waals surface area (Å²) < 4.78 is 4.44. The van der Waals surface area contributed by atoms with Crippen LogP contribution in [0.5, 0.6) is 5.75 Å². The second-order valence-corrected chi connectivity index (χ2v) is 4.24. The van der Waals surface area contributed by atoms with Crippen LogP contribution in [0.4, 0.5) is 0 Å². The van der Waals surface area contributed by atoms with Gasteiger partial charge in [-0.15, -0.1) is 0 Å². The molecule has 0 unspecified atom stereocenters. The molecule has 104 valence electrons. The number of carbonyl (C=O) groups excluding carboxylic acids is 1. The van der Waals surface area contributed by atoms with Crippen LogP contribution in [0, 0.1) is 0 Å². The first-order valence-electron chi connectivity index (χ1n) is 5.39. The van der Waals surface area contributed by atoms with Crippen molar-refractivity contribution >= 4 is 35.6 Å². The summed E-state index contributed by atoms with van der Waals surface area (Å²) in [5.41, 5.74) is -0.0235. The largest absolute Gasteiger partial charge is 0.478 e. The molecule has 0 aromatic heterocycles. The summed E-state index contributed by atoms with van der Waals surface area (Å²) in [6.07, 6.45) is 0. The Morgan fingerprint density at radius 3 is 1.95 bits per heavy atom. The van der Waals surface area contributed by atoms with E-state index in [2.05, 4.69) is 4.74 Å². The van der Waals surface area contributed by atoms with Crippen LogP contribution in [0.3, 0.4) is 0 Å². The van der Waals surface area contributed by atoms with Crippen LogP contribution in [0.25, 0.3) is 0 Å². The Balaban J connectivity index is 0.000000217. The van der Waals surface area contributed by atoms with E-state index in [-0.39, 0.29) is 17.8 Å². The lowest BCUT2D eigenvalue weighted by molar-refractivity contribution is -0.120. The van der Waals surface area contributed by atoms with E-state index in [9.17, 15) is 9.59 Å². The molecule has 0 atom stereocenters. The van der Waals surface area contributed by atoms with E-state index in [4.69, 9.17) is 28.3 Å². The highest BCUT2D eigenvalue weighted by Crippen LogP contribution is 2.19. The molecular formula is C14H10Cl2O4. The molecule has 0 fully saturated rings. The summed E-state index contributed by atoms with van der Waals surface area (Å²) >= 11 is 11.2. The van der Waals surface area contributed by atoms with Crippen LogP contribution in [0.2, 0.25) is 10.0 Å². The predicted molar refractivity (Wildman–Crippen MR) is 76.6 cm³/mol. The Hall–Kier alpha value is -2.04. The number of halogens is 2. The van der Waals surface area contributed by atoms with Crippen molar-refractivity contribution in [1.82, 2.24) is 0 Å². The topological polar surface area (TPSA) is 63.6 Å². The number of rotatable bonds is 3. The number of carboxylic acid groups (broad SMARTS) is 1. The summed E-state index contributed by atoms with van der Waals surface area (Å²) in [4.78, 5) is 20.4. The van der Waals surface area contributed by atoms with Crippen LogP contribution in [0.1, 0.15) is 10.4 Å². The molecule has 4 nitrogen and oxygen atoms in total. The van der Waals surface area contributed by atoms with Crippen LogP contribution in [-0.4, -0.2) is 17.5 Å². The summed E-state index contributed by atoms with van der Waals surface area (Å²) in [5.74, 6) is -1.06. The molecule has 0 heterocycles. The molecule has 1 N–H and O–H groups in total. The lowest BCUT2D eigenvalue weighted by Crippen LogP contribution is -2.00. The van der Waals surface area contributed by atoms with Gasteiger partial charge in [-0.05, 0) is 24.3 Å². The first kappa shape index (κ1) is 16.0. The van der Waals surface area contributed by atoms with Crippen LogP contribution < -0.4 is 4.74 Å². The number of ether oxygens (including phenoxy) is 1. The minimum atomic E-state index is -1.12. The van der Waals surface area contributed by atoms with Crippen molar-refractivity contribution < 1.29 is 19.4 Å². The molecule has 2 aromatic carbocycles. The molecule has 0 bridgehead atoms. The van der Waals surface area contributed by atoms with Gasteiger partial charge in [0.2, 0.25) is 0 Å². The van der Waals surface area contributed by atoms with Crippen molar-refractivity contribution in [2.24, 2.45) is 0 Å². The van der Waals surface area contributed by atoms with Crippen molar-refractivity contribution in [3.8, 4) is 5.75 Å². The van der Waals surface area contributed by atoms with Crippen molar-refractivity contribution in [1.29, 1.82) is 0 Å². The van der Waals surface area contributed by atoms with E-state index >= 15 is 0 Å². The molecule has 0 aliphatic rings. The maximum Gasteiger partial charge on any atom is 0.339 e. The minimum Gasteiger partial charge on any atom is -0.478 e. The lowest BCUT2D eigenvalue weighted by Gasteiger charge is -2.00. The first-order valence-corrected chi connectivity index (χ1v) is 6.14. The van der Waals surface area contributed by atoms with Gasteiger partial charge in [-0.3, -0.25) is 4.79 Å². The van der Waals surface area contributed by atoms with E-state index in [1.54, 1.807) is 24.3 Å². The first-order chi connectivity index (χ1) is 9.56. The van der Waals surface area contributed by atoms with Gasteiger partial charge in [0.25, 0.3) is 6.47 Å². The van der Waals surface area contributed by atoms with Gasteiger partial charge >= 0.3 is 5.97 Å². The number of para-hydroxylation sites is 1. The maximum absolute atomic E-state index is 10.5. The van der Waals surface area contributed by atoms with Gasteiger partial charge in [-0.1, -0.05) is 47.5 Å². The SMILES string of the molecule is Clc1ccccc1Cl.O=COc1ccccc1C(=O)O. The molecule has 0 saturated carbocycles. The van der Waals surface area contributed by atoms with Gasteiger partial charge < -0.3 is 9.84 Å². The average Bonchev–Trinajstić information content (AvgIpc) is 2.44. The van der Waals surface area contributed by atoms with Crippen molar-refractivity contribution in [3.63, 3.8) is 0 Å². The number of hydrogen-bond acceptors (Lipinski definition) is 3. The highest BCUT2D eigenvalue weighted by molar-refractivity contribution is 6.41. The van der Waals surface area contributed by atoms with E-state index in [0.29, 0.717) is 10.0 Å². The molecule has 0 spiro atoms. The minimum absolute atomic E-state index is 0.0235. The third-order valence-electron chi connectivity index (χ3n) is 2.12. The number of carbonyl (C=O) groups is 2. The average molecular weight is 313 g/mol. The second-order valence-electron chi connectivity index (χ2n) is 3.43. The van der Waals surface area contributed by atoms with Gasteiger partial charge in [0.1, 0.15) is 11.3 Å². The normalized spacial score (nSPS) is 9.10. The maximum atomic E-state index is 10.5. The Morgan fingerprint density at radius 1 is 1.00 bits per heavy atom. The molecule has 2 rings (SSSR count). The zero-order valence-electron chi connectivity index (χ0n) is 10.1. The van der Waals surface area contributed by atoms with E-state index in [1.807, 2.05) is 12.1 Å². The fourth-order valence-corrected chi connectivity index (χ4v) is 1.51. The van der Waals surface area contributed by atoms with Gasteiger partial charge in [0.15, 0.2) is 0 Å². The zero-order chi connectivity index (χ0) is 15.0. The predicted octanol–water partition coefficient (Wildman–Crippen LogP) is 3.91. The van der Waals surface area contributed by atoms with E-state index < -0.39 is 5.97 Å². The highest BCUT2D eigenvalue weighted by atomic mass is 35.5. The zero-order valence-corrected chi connectivity index (χ0v) is 11.6. The number of benzene rings is 2. The highest BCUT2D eigenvalue weighted by Gasteiger charge is 2.08. The third kappa shape index (κ3) is 4.91. The van der Waals surface area contributed by atoms with Crippen LogP contribution >= 0.6 is 23.2 Å². The molecule has 2 aromatic rings. The van der Waals surface area contributed by atoms with Crippen molar-refractivity contribution in [2.75, 3.05) is 0 Å². The molecule has 20 heavy (non-hydrogen) atoms.